The van der Waals surface area contributed by atoms with Gasteiger partial charge in [-0.1, -0.05) is 0 Å². The van der Waals surface area contributed by atoms with Crippen LogP contribution in [0.25, 0.3) is 0 Å². The Hall–Kier alpha value is -0.940. The summed E-state index contributed by atoms with van der Waals surface area (Å²) in [5, 5.41) is 0. The van der Waals surface area contributed by atoms with Gasteiger partial charge in [-0.2, -0.15) is 0 Å². The highest BCUT2D eigenvalue weighted by atomic mass is 32.2. The fraction of sp³-hybridized carbons (Fsp3) is 0.444. The van der Waals surface area contributed by atoms with Gasteiger partial charge in [0.05, 0.1) is 12.3 Å². The third kappa shape index (κ3) is 3.08. The van der Waals surface area contributed by atoms with Crippen LogP contribution in [0.5, 0.6) is 0 Å². The minimum atomic E-state index is -0.547. The number of primary amides is 1. The van der Waals surface area contributed by atoms with Crippen molar-refractivity contribution < 1.29 is 9.21 Å². The molecule has 1 atom stereocenters. The molecule has 0 aliphatic heterocycles. The zero-order valence-electron chi connectivity index (χ0n) is 8.03. The molecule has 4 N–H and O–H groups in total. The number of hydrogen-bond acceptors (Lipinski definition) is 4. The van der Waals surface area contributed by atoms with Crippen molar-refractivity contribution >= 4 is 17.7 Å². The molecule has 5 heteroatoms. The second kappa shape index (κ2) is 5.07. The second-order valence-corrected chi connectivity index (χ2v) is 4.12. The highest BCUT2D eigenvalue weighted by Crippen LogP contribution is 2.23. The van der Waals surface area contributed by atoms with Crippen LogP contribution in [0.15, 0.2) is 21.6 Å². The van der Waals surface area contributed by atoms with Gasteiger partial charge in [-0.05, 0) is 19.4 Å². The summed E-state index contributed by atoms with van der Waals surface area (Å²) >= 11 is 1.62. The Morgan fingerprint density at radius 3 is 2.93 bits per heavy atom. The summed E-state index contributed by atoms with van der Waals surface area (Å²) in [6.45, 7) is 1.90. The van der Waals surface area contributed by atoms with Crippen molar-refractivity contribution in [2.24, 2.45) is 11.5 Å². The molecule has 4 nitrogen and oxygen atoms in total. The predicted molar refractivity (Wildman–Crippen MR) is 56.0 cm³/mol. The van der Waals surface area contributed by atoms with Gasteiger partial charge in [0.15, 0.2) is 0 Å². The van der Waals surface area contributed by atoms with E-state index in [1.165, 1.54) is 0 Å². The quantitative estimate of drug-likeness (QED) is 0.713. The molecule has 0 aromatic carbocycles. The Balaban J connectivity index is 2.29. The molecular formula is C9H14N2O2S. The van der Waals surface area contributed by atoms with E-state index in [1.54, 1.807) is 18.0 Å². The number of furan rings is 1. The van der Waals surface area contributed by atoms with Crippen molar-refractivity contribution in [3.63, 3.8) is 0 Å². The van der Waals surface area contributed by atoms with Crippen molar-refractivity contribution in [2.75, 3.05) is 5.75 Å². The van der Waals surface area contributed by atoms with Crippen molar-refractivity contribution in [2.45, 2.75) is 24.3 Å². The van der Waals surface area contributed by atoms with E-state index in [9.17, 15) is 4.79 Å². The maximum atomic E-state index is 10.6. The average molecular weight is 214 g/mol. The van der Waals surface area contributed by atoms with Crippen molar-refractivity contribution in [1.82, 2.24) is 0 Å². The maximum Gasteiger partial charge on any atom is 0.234 e. The fourth-order valence-corrected chi connectivity index (χ4v) is 1.96. The van der Waals surface area contributed by atoms with Crippen molar-refractivity contribution in [3.8, 4) is 0 Å². The summed E-state index contributed by atoms with van der Waals surface area (Å²) in [6, 6.07) is 1.35. The van der Waals surface area contributed by atoms with Crippen LogP contribution in [0.1, 0.15) is 12.2 Å². The van der Waals surface area contributed by atoms with Crippen LogP contribution in [0.4, 0.5) is 0 Å². The van der Waals surface area contributed by atoms with Crippen LogP contribution in [0, 0.1) is 6.92 Å². The first kappa shape index (κ1) is 11.1. The molecule has 0 spiro atoms. The van der Waals surface area contributed by atoms with E-state index in [4.69, 9.17) is 15.9 Å². The third-order valence-electron chi connectivity index (χ3n) is 1.86. The number of aryl methyl sites for hydroxylation is 1. The lowest BCUT2D eigenvalue weighted by atomic mass is 10.2. The zero-order valence-corrected chi connectivity index (χ0v) is 8.84. The van der Waals surface area contributed by atoms with E-state index in [0.29, 0.717) is 6.42 Å². The Bertz CT molecular complexity index is 312. The van der Waals surface area contributed by atoms with Crippen LogP contribution < -0.4 is 11.5 Å². The Labute approximate surface area is 87.0 Å². The summed E-state index contributed by atoms with van der Waals surface area (Å²) in [5.41, 5.74) is 10.5. The van der Waals surface area contributed by atoms with Crippen molar-refractivity contribution in [1.29, 1.82) is 0 Å². The molecule has 1 rings (SSSR count). The summed E-state index contributed by atoms with van der Waals surface area (Å²) < 4.78 is 5.13. The molecule has 0 saturated carbocycles. The van der Waals surface area contributed by atoms with Crippen molar-refractivity contribution in [3.05, 3.63) is 18.1 Å². The van der Waals surface area contributed by atoms with Gasteiger partial charge in [-0.25, -0.2) is 0 Å². The molecule has 0 saturated heterocycles. The lowest BCUT2D eigenvalue weighted by Crippen LogP contribution is -2.36. The number of carbonyl (C=O) groups is 1. The standard InChI is InChI=1S/C9H14N2O2S/c1-6-8(2-4-13-6)14-5-3-7(10)9(11)12/h2,4,7H,3,5,10H2,1H3,(H2,11,12). The fourth-order valence-electron chi connectivity index (χ4n) is 0.961. The van der Waals surface area contributed by atoms with Gasteiger partial charge in [-0.15, -0.1) is 11.8 Å². The van der Waals surface area contributed by atoms with Gasteiger partial charge in [0.2, 0.25) is 5.91 Å². The Morgan fingerprint density at radius 2 is 2.43 bits per heavy atom. The molecule has 0 aliphatic rings. The van der Waals surface area contributed by atoms with Gasteiger partial charge >= 0.3 is 0 Å². The van der Waals surface area contributed by atoms with Crippen LogP contribution >= 0.6 is 11.8 Å². The van der Waals surface area contributed by atoms with Gasteiger partial charge in [0.1, 0.15) is 5.76 Å². The van der Waals surface area contributed by atoms with E-state index in [-0.39, 0.29) is 0 Å². The predicted octanol–water partition coefficient (Wildman–Crippen LogP) is 0.883. The Morgan fingerprint density at radius 1 is 1.71 bits per heavy atom. The molecule has 1 amide bonds. The number of nitrogens with two attached hydrogens (primary N) is 2. The molecule has 1 heterocycles. The maximum absolute atomic E-state index is 10.6. The van der Waals surface area contributed by atoms with E-state index >= 15 is 0 Å². The number of amides is 1. The van der Waals surface area contributed by atoms with Crippen LogP contribution in [-0.4, -0.2) is 17.7 Å². The topological polar surface area (TPSA) is 82.2 Å². The first-order valence-corrected chi connectivity index (χ1v) is 5.31. The molecular weight excluding hydrogens is 200 g/mol. The van der Waals surface area contributed by atoms with Crippen LogP contribution in [0.3, 0.4) is 0 Å². The van der Waals surface area contributed by atoms with E-state index in [2.05, 4.69) is 0 Å². The second-order valence-electron chi connectivity index (χ2n) is 2.99. The summed E-state index contributed by atoms with van der Waals surface area (Å²) in [7, 11) is 0. The van der Waals surface area contributed by atoms with Gasteiger partial charge in [-0.3, -0.25) is 4.79 Å². The lowest BCUT2D eigenvalue weighted by Gasteiger charge is -2.05. The Kier molecular flexibility index (Phi) is 4.03. The SMILES string of the molecule is Cc1occc1SCCC(N)C(N)=O. The van der Waals surface area contributed by atoms with Gasteiger partial charge in [0.25, 0.3) is 0 Å². The van der Waals surface area contributed by atoms with Gasteiger partial charge < -0.3 is 15.9 Å². The van der Waals surface area contributed by atoms with Gasteiger partial charge in [0, 0.05) is 10.6 Å². The number of thioether (sulfide) groups is 1. The molecule has 0 bridgehead atoms. The normalized spacial score (nSPS) is 12.7. The van der Waals surface area contributed by atoms with E-state index in [1.807, 2.05) is 13.0 Å². The lowest BCUT2D eigenvalue weighted by molar-refractivity contribution is -0.119. The summed E-state index contributed by atoms with van der Waals surface area (Å²) in [5.74, 6) is 1.21. The molecule has 1 aromatic rings. The molecule has 0 fully saturated rings. The van der Waals surface area contributed by atoms with E-state index < -0.39 is 11.9 Å². The first-order valence-electron chi connectivity index (χ1n) is 4.33. The third-order valence-corrected chi connectivity index (χ3v) is 3.04. The summed E-state index contributed by atoms with van der Waals surface area (Å²) in [6.07, 6.45) is 2.23. The average Bonchev–Trinajstić information content (AvgIpc) is 2.51. The zero-order chi connectivity index (χ0) is 10.6. The molecule has 0 aliphatic carbocycles. The molecule has 0 radical (unpaired) electrons. The number of rotatable bonds is 5. The summed E-state index contributed by atoms with van der Waals surface area (Å²) in [4.78, 5) is 11.7. The molecule has 1 aromatic heterocycles. The van der Waals surface area contributed by atoms with Crippen LogP contribution in [-0.2, 0) is 4.79 Å². The number of hydrogen-bond donors (Lipinski definition) is 2. The smallest absolute Gasteiger partial charge is 0.234 e. The number of carbonyl (C=O) groups excluding carboxylic acids is 1. The highest BCUT2D eigenvalue weighted by Gasteiger charge is 2.09. The monoisotopic (exact) mass is 214 g/mol. The molecule has 1 unspecified atom stereocenters. The molecule has 14 heavy (non-hydrogen) atoms. The minimum absolute atomic E-state index is 0.450. The minimum Gasteiger partial charge on any atom is -0.468 e. The van der Waals surface area contributed by atoms with Crippen LogP contribution in [0.2, 0.25) is 0 Å². The first-order chi connectivity index (χ1) is 6.61. The van der Waals surface area contributed by atoms with E-state index in [0.717, 1.165) is 16.4 Å². The largest absolute Gasteiger partial charge is 0.468 e. The molecule has 78 valence electrons. The highest BCUT2D eigenvalue weighted by molar-refractivity contribution is 7.99.